The number of rotatable bonds is 15. The molecule has 0 aliphatic carbocycles. The third kappa shape index (κ3) is 9.14. The summed E-state index contributed by atoms with van der Waals surface area (Å²) in [5, 5.41) is 23.2. The molecular formula is C37H38ClFN2O9. The number of Topliss-reactive ketones (excluding diaryl/α,β-unsaturated/α-hetero) is 1. The molecule has 3 N–H and O–H groups in total. The lowest BCUT2D eigenvalue weighted by molar-refractivity contribution is -0.148. The Morgan fingerprint density at radius 3 is 2.36 bits per heavy atom. The van der Waals surface area contributed by atoms with Crippen molar-refractivity contribution in [2.75, 3.05) is 27.4 Å². The molecule has 50 heavy (non-hydrogen) atoms. The Kier molecular flexibility index (Phi) is 12.5. The van der Waals surface area contributed by atoms with Gasteiger partial charge in [-0.05, 0) is 79.9 Å². The number of ketones is 1. The van der Waals surface area contributed by atoms with Crippen LogP contribution in [0.25, 0.3) is 11.3 Å². The number of methoxy groups -OCH3 is 2. The fourth-order valence-electron chi connectivity index (χ4n) is 5.05. The molecule has 0 radical (unpaired) electrons. The quantitative estimate of drug-likeness (QED) is 0.0975. The van der Waals surface area contributed by atoms with Crippen LogP contribution >= 0.6 is 11.6 Å². The highest BCUT2D eigenvalue weighted by atomic mass is 35.5. The molecule has 0 saturated heterocycles. The number of aliphatic hydroxyl groups is 2. The van der Waals surface area contributed by atoms with Crippen LogP contribution in [0.1, 0.15) is 53.9 Å². The Balaban J connectivity index is 1.69. The van der Waals surface area contributed by atoms with Crippen molar-refractivity contribution in [3.63, 3.8) is 0 Å². The monoisotopic (exact) mass is 708 g/mol. The first-order valence-corrected chi connectivity index (χ1v) is 15.9. The van der Waals surface area contributed by atoms with Crippen molar-refractivity contribution < 1.29 is 47.9 Å². The van der Waals surface area contributed by atoms with Gasteiger partial charge in [-0.2, -0.15) is 0 Å². The maximum absolute atomic E-state index is 14.1. The smallest absolute Gasteiger partial charge is 0.408 e. The average molecular weight is 709 g/mol. The number of alkyl carbamates (subject to hydrolysis) is 1. The number of halogens is 2. The predicted octanol–water partition coefficient (Wildman–Crippen LogP) is 6.11. The zero-order valence-corrected chi connectivity index (χ0v) is 28.8. The summed E-state index contributed by atoms with van der Waals surface area (Å²) in [6.45, 7) is 2.64. The Morgan fingerprint density at radius 1 is 0.960 bits per heavy atom. The van der Waals surface area contributed by atoms with Gasteiger partial charge in [0.1, 0.15) is 24.6 Å². The second-order valence-electron chi connectivity index (χ2n) is 11.7. The van der Waals surface area contributed by atoms with Crippen LogP contribution in [0.5, 0.6) is 11.5 Å². The molecule has 1 amide bonds. The Hall–Kier alpha value is -5.04. The molecule has 1 heterocycles. The number of pyridine rings is 1. The van der Waals surface area contributed by atoms with E-state index in [9.17, 15) is 23.9 Å². The molecule has 2 unspecified atom stereocenters. The molecule has 4 rings (SSSR count). The van der Waals surface area contributed by atoms with Gasteiger partial charge < -0.3 is 34.5 Å². The van der Waals surface area contributed by atoms with Crippen molar-refractivity contribution in [3.05, 3.63) is 112 Å². The van der Waals surface area contributed by atoms with Gasteiger partial charge >= 0.3 is 12.1 Å². The standard InChI is InChI=1S/C37H38ClFN2O9/c1-36(46,15-14-30(43)25-11-13-31(49-17-16-42)32(19-25)47-3)33-21-26(20-29(40-33)24-10-12-28(39)27(38)18-24)37(2,34(44)48-4)41-35(45)50-22-23-8-6-5-7-9-23/h5-13,18-21,42,46H,14-17,22H2,1-4H3,(H,41,45). The Bertz CT molecular complexity index is 1840. The first-order chi connectivity index (χ1) is 23.8. The number of nitrogens with one attached hydrogen (secondary N) is 1. The van der Waals surface area contributed by atoms with E-state index in [-0.39, 0.29) is 60.4 Å². The maximum Gasteiger partial charge on any atom is 0.408 e. The molecule has 0 bridgehead atoms. The van der Waals surface area contributed by atoms with Gasteiger partial charge in [-0.3, -0.25) is 4.79 Å². The molecule has 13 heteroatoms. The van der Waals surface area contributed by atoms with Crippen LogP contribution in [0.2, 0.25) is 5.02 Å². The van der Waals surface area contributed by atoms with E-state index in [0.29, 0.717) is 22.6 Å². The molecule has 2 atom stereocenters. The van der Waals surface area contributed by atoms with E-state index in [1.807, 2.05) is 6.07 Å². The van der Waals surface area contributed by atoms with Gasteiger partial charge in [-0.1, -0.05) is 41.9 Å². The third-order valence-corrected chi connectivity index (χ3v) is 8.29. The molecule has 4 aromatic rings. The Labute approximate surface area is 293 Å². The molecular weight excluding hydrogens is 671 g/mol. The number of hydrogen-bond acceptors (Lipinski definition) is 10. The van der Waals surface area contributed by atoms with Crippen LogP contribution < -0.4 is 14.8 Å². The van der Waals surface area contributed by atoms with Crippen molar-refractivity contribution in [2.24, 2.45) is 0 Å². The van der Waals surface area contributed by atoms with Crippen LogP contribution in [0.3, 0.4) is 0 Å². The highest BCUT2D eigenvalue weighted by molar-refractivity contribution is 6.31. The molecule has 11 nitrogen and oxygen atoms in total. The summed E-state index contributed by atoms with van der Waals surface area (Å²) in [5.74, 6) is -1.19. The number of aromatic nitrogens is 1. The molecule has 264 valence electrons. The van der Waals surface area contributed by atoms with Crippen LogP contribution in [0.15, 0.2) is 78.9 Å². The van der Waals surface area contributed by atoms with E-state index < -0.39 is 29.0 Å². The molecule has 1 aromatic heterocycles. The van der Waals surface area contributed by atoms with Gasteiger partial charge in [0.05, 0.1) is 37.2 Å². The lowest BCUT2D eigenvalue weighted by atomic mass is 9.86. The van der Waals surface area contributed by atoms with Crippen molar-refractivity contribution in [3.8, 4) is 22.8 Å². The summed E-state index contributed by atoms with van der Waals surface area (Å²) in [6.07, 6.45) is -1.17. The topological polar surface area (TPSA) is 154 Å². The normalized spacial score (nSPS) is 13.4. The predicted molar refractivity (Wildman–Crippen MR) is 182 cm³/mol. The number of carbonyl (C=O) groups is 3. The number of benzene rings is 3. The number of esters is 1. The number of carbonyl (C=O) groups excluding carboxylic acids is 3. The molecule has 0 aliphatic heterocycles. The van der Waals surface area contributed by atoms with Gasteiger partial charge in [0, 0.05) is 17.5 Å². The van der Waals surface area contributed by atoms with Crippen LogP contribution in [-0.4, -0.2) is 60.5 Å². The maximum atomic E-state index is 14.1. The molecule has 0 aliphatic rings. The van der Waals surface area contributed by atoms with E-state index >= 15 is 0 Å². The summed E-state index contributed by atoms with van der Waals surface area (Å²) in [6, 6.07) is 20.4. The summed E-state index contributed by atoms with van der Waals surface area (Å²) < 4.78 is 35.3. The van der Waals surface area contributed by atoms with Crippen molar-refractivity contribution >= 4 is 29.4 Å². The minimum Gasteiger partial charge on any atom is -0.493 e. The second-order valence-corrected chi connectivity index (χ2v) is 12.1. The zero-order valence-electron chi connectivity index (χ0n) is 28.0. The van der Waals surface area contributed by atoms with Crippen molar-refractivity contribution in [1.29, 1.82) is 0 Å². The van der Waals surface area contributed by atoms with Crippen LogP contribution in [0.4, 0.5) is 9.18 Å². The number of aliphatic hydroxyl groups excluding tert-OH is 1. The van der Waals surface area contributed by atoms with E-state index in [1.54, 1.807) is 36.4 Å². The number of amides is 1. The first-order valence-electron chi connectivity index (χ1n) is 15.5. The first kappa shape index (κ1) is 37.8. The number of ether oxygens (including phenoxy) is 4. The SMILES string of the molecule is COC(=O)C(C)(NC(=O)OCc1ccccc1)c1cc(-c2ccc(F)c(Cl)c2)nc(C(C)(O)CCC(=O)c2ccc(OCCO)c(OC)c2)c1. The Morgan fingerprint density at radius 2 is 1.70 bits per heavy atom. The van der Waals surface area contributed by atoms with Crippen molar-refractivity contribution in [2.45, 2.75) is 44.4 Å². The summed E-state index contributed by atoms with van der Waals surface area (Å²) >= 11 is 6.08. The minimum absolute atomic E-state index is 0.0400. The lowest BCUT2D eigenvalue weighted by Crippen LogP contribution is -2.50. The molecule has 0 spiro atoms. The highest BCUT2D eigenvalue weighted by Crippen LogP contribution is 2.35. The van der Waals surface area contributed by atoms with Crippen LogP contribution in [-0.2, 0) is 32.0 Å². The van der Waals surface area contributed by atoms with Gasteiger partial charge in [0.2, 0.25) is 0 Å². The highest BCUT2D eigenvalue weighted by Gasteiger charge is 2.41. The fourth-order valence-corrected chi connectivity index (χ4v) is 5.23. The average Bonchev–Trinajstić information content (AvgIpc) is 3.12. The fraction of sp³-hybridized carbons (Fsp3) is 0.297. The summed E-state index contributed by atoms with van der Waals surface area (Å²) in [4.78, 5) is 44.3. The van der Waals surface area contributed by atoms with Crippen LogP contribution in [0, 0.1) is 5.82 Å². The number of hydrogen-bond donors (Lipinski definition) is 3. The van der Waals surface area contributed by atoms with Gasteiger partial charge in [0.25, 0.3) is 0 Å². The minimum atomic E-state index is -1.86. The van der Waals surface area contributed by atoms with Gasteiger partial charge in [-0.25, -0.2) is 19.0 Å². The molecule has 3 aromatic carbocycles. The van der Waals surface area contributed by atoms with E-state index in [2.05, 4.69) is 10.3 Å². The van der Waals surface area contributed by atoms with Gasteiger partial charge in [-0.15, -0.1) is 0 Å². The van der Waals surface area contributed by atoms with E-state index in [1.165, 1.54) is 51.3 Å². The zero-order chi connectivity index (χ0) is 36.5. The third-order valence-electron chi connectivity index (χ3n) is 8.00. The van der Waals surface area contributed by atoms with E-state index in [0.717, 1.165) is 18.7 Å². The largest absolute Gasteiger partial charge is 0.493 e. The molecule has 0 fully saturated rings. The number of nitrogens with zero attached hydrogens (tertiary/aromatic N) is 1. The summed E-state index contributed by atoms with van der Waals surface area (Å²) in [5.41, 5.74) is -1.88. The van der Waals surface area contributed by atoms with Crippen molar-refractivity contribution in [1.82, 2.24) is 10.3 Å². The van der Waals surface area contributed by atoms with E-state index in [4.69, 9.17) is 35.7 Å². The second kappa shape index (κ2) is 16.6. The molecule has 0 saturated carbocycles. The lowest BCUT2D eigenvalue weighted by Gasteiger charge is -2.30. The summed E-state index contributed by atoms with van der Waals surface area (Å²) in [7, 11) is 2.58. The van der Waals surface area contributed by atoms with Gasteiger partial charge in [0.15, 0.2) is 22.8 Å².